The molecule has 4 rings (SSSR count). The highest BCUT2D eigenvalue weighted by Gasteiger charge is 2.28. The third-order valence-electron chi connectivity index (χ3n) is 4.23. The molecule has 1 aliphatic carbocycles. The average Bonchev–Trinajstić information content (AvgIpc) is 3.05. The summed E-state index contributed by atoms with van der Waals surface area (Å²) in [5.74, 6) is 1.63. The van der Waals surface area contributed by atoms with Crippen LogP contribution < -0.4 is 0 Å². The highest BCUT2D eigenvalue weighted by atomic mass is 35.5. The van der Waals surface area contributed by atoms with Crippen LogP contribution in [0.3, 0.4) is 0 Å². The van der Waals surface area contributed by atoms with Gasteiger partial charge in [-0.05, 0) is 24.6 Å². The highest BCUT2D eigenvalue weighted by molar-refractivity contribution is 6.30. The van der Waals surface area contributed by atoms with Gasteiger partial charge in [0.25, 0.3) is 0 Å². The number of oxazole rings is 1. The molecule has 0 aliphatic heterocycles. The molecule has 1 atom stereocenters. The van der Waals surface area contributed by atoms with Crippen molar-refractivity contribution in [3.05, 3.63) is 64.5 Å². The SMILES string of the molecule is N#Cc1nccnc1C1CCc2oc(-c3cccc(Cl)c3)nc2C1. The zero-order chi connectivity index (χ0) is 16.5. The lowest BCUT2D eigenvalue weighted by Crippen LogP contribution is -2.15. The van der Waals surface area contributed by atoms with Crippen LogP contribution in [0.15, 0.2) is 41.1 Å². The largest absolute Gasteiger partial charge is 0.441 e. The van der Waals surface area contributed by atoms with Crippen molar-refractivity contribution >= 4 is 11.6 Å². The Hall–Kier alpha value is -2.71. The topological polar surface area (TPSA) is 75.6 Å². The Morgan fingerprint density at radius 1 is 1.25 bits per heavy atom. The van der Waals surface area contributed by atoms with E-state index < -0.39 is 0 Å². The van der Waals surface area contributed by atoms with Gasteiger partial charge in [0.15, 0.2) is 5.69 Å². The lowest BCUT2D eigenvalue weighted by Gasteiger charge is -2.19. The molecule has 0 bridgehead atoms. The Bertz CT molecular complexity index is 944. The number of rotatable bonds is 2. The number of aromatic nitrogens is 3. The van der Waals surface area contributed by atoms with Crippen molar-refractivity contribution in [2.24, 2.45) is 0 Å². The van der Waals surface area contributed by atoms with Gasteiger partial charge in [-0.2, -0.15) is 5.26 Å². The minimum atomic E-state index is 0.137. The minimum Gasteiger partial charge on any atom is -0.441 e. The van der Waals surface area contributed by atoms with E-state index in [0.29, 0.717) is 23.0 Å². The van der Waals surface area contributed by atoms with Gasteiger partial charge in [0.05, 0.1) is 11.4 Å². The van der Waals surface area contributed by atoms with Gasteiger partial charge in [-0.3, -0.25) is 4.98 Å². The molecule has 0 amide bonds. The first-order valence-corrected chi connectivity index (χ1v) is 8.08. The van der Waals surface area contributed by atoms with Crippen molar-refractivity contribution in [1.82, 2.24) is 15.0 Å². The Labute approximate surface area is 144 Å². The molecule has 2 aromatic heterocycles. The lowest BCUT2D eigenvalue weighted by atomic mass is 9.87. The quantitative estimate of drug-likeness (QED) is 0.708. The summed E-state index contributed by atoms with van der Waals surface area (Å²) >= 11 is 6.04. The Balaban J connectivity index is 1.66. The Morgan fingerprint density at radius 2 is 2.12 bits per heavy atom. The molecule has 6 heteroatoms. The number of benzene rings is 1. The fourth-order valence-corrected chi connectivity index (χ4v) is 3.28. The Morgan fingerprint density at radius 3 is 2.96 bits per heavy atom. The maximum absolute atomic E-state index is 9.22. The monoisotopic (exact) mass is 336 g/mol. The second kappa shape index (κ2) is 6.06. The summed E-state index contributed by atoms with van der Waals surface area (Å²) in [7, 11) is 0. The summed E-state index contributed by atoms with van der Waals surface area (Å²) < 4.78 is 5.92. The van der Waals surface area contributed by atoms with E-state index in [1.807, 2.05) is 24.3 Å². The molecule has 0 saturated heterocycles. The molecule has 1 aliphatic rings. The maximum Gasteiger partial charge on any atom is 0.226 e. The van der Waals surface area contributed by atoms with Crippen molar-refractivity contribution in [2.75, 3.05) is 0 Å². The number of halogens is 1. The van der Waals surface area contributed by atoms with Crippen LogP contribution in [0.2, 0.25) is 5.02 Å². The van der Waals surface area contributed by atoms with Gasteiger partial charge >= 0.3 is 0 Å². The van der Waals surface area contributed by atoms with Crippen LogP contribution in [0.4, 0.5) is 0 Å². The van der Waals surface area contributed by atoms with Crippen LogP contribution in [0.25, 0.3) is 11.5 Å². The van der Waals surface area contributed by atoms with Crippen LogP contribution in [0.5, 0.6) is 0 Å². The van der Waals surface area contributed by atoms with Crippen LogP contribution >= 0.6 is 11.6 Å². The van der Waals surface area contributed by atoms with E-state index in [-0.39, 0.29) is 5.92 Å². The standard InChI is InChI=1S/C18H13ClN4O/c19-13-3-1-2-12(8-13)18-23-14-9-11(4-5-16(14)24-18)17-15(10-20)21-6-7-22-17/h1-3,6-8,11H,4-5,9H2. The van der Waals surface area contributed by atoms with E-state index in [0.717, 1.165) is 35.6 Å². The van der Waals surface area contributed by atoms with Crippen LogP contribution in [-0.2, 0) is 12.8 Å². The van der Waals surface area contributed by atoms with E-state index in [1.54, 1.807) is 12.4 Å². The van der Waals surface area contributed by atoms with Gasteiger partial charge in [0.1, 0.15) is 11.8 Å². The molecule has 1 unspecified atom stereocenters. The van der Waals surface area contributed by atoms with Crippen LogP contribution in [0.1, 0.15) is 35.2 Å². The third-order valence-corrected chi connectivity index (χ3v) is 4.46. The smallest absolute Gasteiger partial charge is 0.226 e. The predicted octanol–water partition coefficient (Wildman–Crippen LogP) is 3.93. The molecule has 0 spiro atoms. The highest BCUT2D eigenvalue weighted by Crippen LogP contribution is 2.35. The molecule has 0 saturated carbocycles. The summed E-state index contributed by atoms with van der Waals surface area (Å²) in [6, 6.07) is 9.59. The van der Waals surface area contributed by atoms with Crippen molar-refractivity contribution in [3.63, 3.8) is 0 Å². The first-order valence-electron chi connectivity index (χ1n) is 7.70. The second-order valence-corrected chi connectivity index (χ2v) is 6.18. The Kier molecular flexibility index (Phi) is 3.75. The number of hydrogen-bond acceptors (Lipinski definition) is 5. The van der Waals surface area contributed by atoms with Crippen LogP contribution in [0, 0.1) is 11.3 Å². The molecular formula is C18H13ClN4O. The molecule has 0 radical (unpaired) electrons. The van der Waals surface area contributed by atoms with Gasteiger partial charge in [0.2, 0.25) is 5.89 Å². The molecule has 118 valence electrons. The minimum absolute atomic E-state index is 0.137. The zero-order valence-electron chi connectivity index (χ0n) is 12.7. The number of fused-ring (bicyclic) bond motifs is 1. The summed E-state index contributed by atoms with van der Waals surface area (Å²) in [5, 5.41) is 9.88. The first-order chi connectivity index (χ1) is 11.7. The third kappa shape index (κ3) is 2.66. The molecule has 0 N–H and O–H groups in total. The number of hydrogen-bond donors (Lipinski definition) is 0. The normalized spacial score (nSPS) is 16.4. The molecule has 0 fully saturated rings. The summed E-state index contributed by atoms with van der Waals surface area (Å²) in [6.07, 6.45) is 5.52. The zero-order valence-corrected chi connectivity index (χ0v) is 13.5. The average molecular weight is 337 g/mol. The fraction of sp³-hybridized carbons (Fsp3) is 0.222. The van der Waals surface area contributed by atoms with Crippen molar-refractivity contribution in [3.8, 4) is 17.5 Å². The molecule has 3 aromatic rings. The van der Waals surface area contributed by atoms with Gasteiger partial charge in [0, 0.05) is 41.7 Å². The fourth-order valence-electron chi connectivity index (χ4n) is 3.09. The number of aryl methyl sites for hydroxylation is 1. The summed E-state index contributed by atoms with van der Waals surface area (Å²) in [4.78, 5) is 13.1. The van der Waals surface area contributed by atoms with E-state index in [9.17, 15) is 5.26 Å². The van der Waals surface area contributed by atoms with Gasteiger partial charge in [-0.1, -0.05) is 17.7 Å². The molecule has 2 heterocycles. The van der Waals surface area contributed by atoms with E-state index in [4.69, 9.17) is 16.0 Å². The van der Waals surface area contributed by atoms with Crippen molar-refractivity contribution in [1.29, 1.82) is 5.26 Å². The van der Waals surface area contributed by atoms with E-state index in [1.165, 1.54) is 0 Å². The molecule has 24 heavy (non-hydrogen) atoms. The predicted molar refractivity (Wildman–Crippen MR) is 88.5 cm³/mol. The van der Waals surface area contributed by atoms with Crippen molar-refractivity contribution in [2.45, 2.75) is 25.2 Å². The molecule has 5 nitrogen and oxygen atoms in total. The summed E-state index contributed by atoms with van der Waals surface area (Å²) in [6.45, 7) is 0. The number of nitrogens with zero attached hydrogens (tertiary/aromatic N) is 4. The first kappa shape index (κ1) is 14.9. The van der Waals surface area contributed by atoms with Gasteiger partial charge in [-0.25, -0.2) is 9.97 Å². The second-order valence-electron chi connectivity index (χ2n) is 5.74. The van der Waals surface area contributed by atoms with Gasteiger partial charge < -0.3 is 4.42 Å². The maximum atomic E-state index is 9.22. The molecular weight excluding hydrogens is 324 g/mol. The number of nitriles is 1. The van der Waals surface area contributed by atoms with Gasteiger partial charge in [-0.15, -0.1) is 0 Å². The lowest BCUT2D eigenvalue weighted by molar-refractivity contribution is 0.460. The van der Waals surface area contributed by atoms with E-state index in [2.05, 4.69) is 21.0 Å². The van der Waals surface area contributed by atoms with Crippen LogP contribution in [-0.4, -0.2) is 15.0 Å². The molecule has 1 aromatic carbocycles. The van der Waals surface area contributed by atoms with Crippen molar-refractivity contribution < 1.29 is 4.42 Å². The summed E-state index contributed by atoms with van der Waals surface area (Å²) in [5.41, 5.74) is 2.93. The van der Waals surface area contributed by atoms with E-state index >= 15 is 0 Å².